The molecule has 1 aromatic carbocycles. The number of likely N-dealkylation sites (tertiary alicyclic amines) is 1. The van der Waals surface area contributed by atoms with E-state index >= 15 is 0 Å². The first kappa shape index (κ1) is 16.7. The monoisotopic (exact) mass is 338 g/mol. The maximum Gasteiger partial charge on any atom is 0.246 e. The number of benzene rings is 1. The van der Waals surface area contributed by atoms with Gasteiger partial charge in [-0.05, 0) is 62.9 Å². The van der Waals surface area contributed by atoms with Crippen LogP contribution in [0.25, 0.3) is 0 Å². The van der Waals surface area contributed by atoms with Gasteiger partial charge in [0.1, 0.15) is 10.6 Å². The number of ether oxygens (including phenoxy) is 1. The summed E-state index contributed by atoms with van der Waals surface area (Å²) >= 11 is 0. The van der Waals surface area contributed by atoms with Gasteiger partial charge in [-0.25, -0.2) is 8.42 Å². The molecule has 1 spiro atoms. The zero-order chi connectivity index (χ0) is 16.7. The molecule has 0 unspecified atom stereocenters. The Morgan fingerprint density at radius 1 is 1.17 bits per heavy atom. The van der Waals surface area contributed by atoms with Crippen LogP contribution in [-0.2, 0) is 10.0 Å². The maximum absolute atomic E-state index is 13.2. The van der Waals surface area contributed by atoms with E-state index in [-0.39, 0.29) is 5.41 Å². The number of piperidine rings is 1. The summed E-state index contributed by atoms with van der Waals surface area (Å²) in [5, 5.41) is 0. The first-order chi connectivity index (χ1) is 10.9. The van der Waals surface area contributed by atoms with Crippen LogP contribution in [0.15, 0.2) is 23.1 Å². The van der Waals surface area contributed by atoms with Gasteiger partial charge >= 0.3 is 0 Å². The molecular weight excluding hydrogens is 312 g/mol. The highest BCUT2D eigenvalue weighted by Crippen LogP contribution is 2.40. The molecular formula is C17H26N2O3S. The van der Waals surface area contributed by atoms with Gasteiger partial charge in [0.15, 0.2) is 0 Å². The first-order valence-electron chi connectivity index (χ1n) is 8.20. The minimum Gasteiger partial charge on any atom is -0.495 e. The van der Waals surface area contributed by atoms with Gasteiger partial charge in [-0.2, -0.15) is 4.31 Å². The van der Waals surface area contributed by atoms with Crippen LogP contribution in [0, 0.1) is 12.3 Å². The highest BCUT2D eigenvalue weighted by Gasteiger charge is 2.43. The van der Waals surface area contributed by atoms with E-state index in [1.165, 1.54) is 7.11 Å². The van der Waals surface area contributed by atoms with Crippen molar-refractivity contribution in [3.8, 4) is 5.75 Å². The quantitative estimate of drug-likeness (QED) is 0.847. The molecule has 5 nitrogen and oxygen atoms in total. The van der Waals surface area contributed by atoms with Crippen LogP contribution in [0.1, 0.15) is 24.8 Å². The van der Waals surface area contributed by atoms with Crippen LogP contribution in [0.2, 0.25) is 0 Å². The van der Waals surface area contributed by atoms with Crippen molar-refractivity contribution in [2.75, 3.05) is 40.3 Å². The molecule has 3 rings (SSSR count). The lowest BCUT2D eigenvalue weighted by atomic mass is 9.80. The molecule has 1 aromatic rings. The zero-order valence-corrected chi connectivity index (χ0v) is 15.0. The van der Waals surface area contributed by atoms with Crippen LogP contribution in [0.5, 0.6) is 5.75 Å². The zero-order valence-electron chi connectivity index (χ0n) is 14.2. The van der Waals surface area contributed by atoms with E-state index in [0.29, 0.717) is 23.7 Å². The van der Waals surface area contributed by atoms with Gasteiger partial charge in [0.05, 0.1) is 7.11 Å². The van der Waals surface area contributed by atoms with Crippen molar-refractivity contribution in [2.45, 2.75) is 31.1 Å². The SMILES string of the molecule is COc1ccc(C)cc1S(=O)(=O)N1CCC[C@]2(CCN(C)C2)C1. The van der Waals surface area contributed by atoms with Crippen molar-refractivity contribution >= 4 is 10.0 Å². The van der Waals surface area contributed by atoms with Crippen LogP contribution in [-0.4, -0.2) is 58.0 Å². The van der Waals surface area contributed by atoms with E-state index < -0.39 is 10.0 Å². The van der Waals surface area contributed by atoms with Crippen molar-refractivity contribution in [3.63, 3.8) is 0 Å². The molecule has 2 aliphatic rings. The molecule has 2 aliphatic heterocycles. The molecule has 2 heterocycles. The van der Waals surface area contributed by atoms with Gasteiger partial charge in [-0.3, -0.25) is 0 Å². The minimum absolute atomic E-state index is 0.122. The number of rotatable bonds is 3. The Balaban J connectivity index is 1.92. The standard InChI is InChI=1S/C17H26N2O3S/c1-14-5-6-15(22-3)16(11-14)23(20,21)19-9-4-7-17(13-19)8-10-18(2)12-17/h5-6,11H,4,7-10,12-13H2,1-3H3/t17-/m1/s1. The Hall–Kier alpha value is -1.11. The summed E-state index contributed by atoms with van der Waals surface area (Å²) in [5.74, 6) is 0.429. The fourth-order valence-electron chi connectivity index (χ4n) is 3.98. The Morgan fingerprint density at radius 2 is 1.96 bits per heavy atom. The van der Waals surface area contributed by atoms with Crippen molar-refractivity contribution in [3.05, 3.63) is 23.8 Å². The van der Waals surface area contributed by atoms with Crippen LogP contribution in [0.3, 0.4) is 0 Å². The van der Waals surface area contributed by atoms with Gasteiger partial charge < -0.3 is 9.64 Å². The molecule has 23 heavy (non-hydrogen) atoms. The van der Waals surface area contributed by atoms with Crippen molar-refractivity contribution in [1.82, 2.24) is 9.21 Å². The number of nitrogens with zero attached hydrogens (tertiary/aromatic N) is 2. The van der Waals surface area contributed by atoms with E-state index in [9.17, 15) is 8.42 Å². The van der Waals surface area contributed by atoms with Gasteiger partial charge in [-0.1, -0.05) is 6.07 Å². The fraction of sp³-hybridized carbons (Fsp3) is 0.647. The van der Waals surface area contributed by atoms with Gasteiger partial charge in [0.2, 0.25) is 10.0 Å². The Bertz CT molecular complexity index is 685. The molecule has 0 N–H and O–H groups in total. The highest BCUT2D eigenvalue weighted by molar-refractivity contribution is 7.89. The van der Waals surface area contributed by atoms with Crippen molar-refractivity contribution < 1.29 is 13.2 Å². The van der Waals surface area contributed by atoms with E-state index in [1.54, 1.807) is 16.4 Å². The lowest BCUT2D eigenvalue weighted by molar-refractivity contribution is 0.153. The minimum atomic E-state index is -3.52. The normalized spacial score (nSPS) is 26.7. The molecule has 0 aliphatic carbocycles. The summed E-state index contributed by atoms with van der Waals surface area (Å²) in [6, 6.07) is 5.34. The maximum atomic E-state index is 13.2. The molecule has 128 valence electrons. The van der Waals surface area contributed by atoms with Crippen LogP contribution in [0.4, 0.5) is 0 Å². The third kappa shape index (κ3) is 3.12. The second kappa shape index (κ2) is 6.07. The molecule has 0 aromatic heterocycles. The summed E-state index contributed by atoms with van der Waals surface area (Å²) in [5.41, 5.74) is 1.05. The number of hydrogen-bond acceptors (Lipinski definition) is 4. The predicted molar refractivity (Wildman–Crippen MR) is 90.3 cm³/mol. The molecule has 0 saturated carbocycles. The lowest BCUT2D eigenvalue weighted by Crippen LogP contribution is -2.47. The molecule has 1 atom stereocenters. The average Bonchev–Trinajstić information content (AvgIpc) is 2.87. The lowest BCUT2D eigenvalue weighted by Gasteiger charge is -2.39. The number of hydrogen-bond donors (Lipinski definition) is 0. The van der Waals surface area contributed by atoms with Gasteiger partial charge in [-0.15, -0.1) is 0 Å². The summed E-state index contributed by atoms with van der Waals surface area (Å²) < 4.78 is 33.3. The first-order valence-corrected chi connectivity index (χ1v) is 9.64. The third-order valence-corrected chi connectivity index (χ3v) is 7.06. The topological polar surface area (TPSA) is 49.9 Å². The van der Waals surface area contributed by atoms with E-state index in [4.69, 9.17) is 4.74 Å². The van der Waals surface area contributed by atoms with E-state index in [1.807, 2.05) is 13.0 Å². The Morgan fingerprint density at radius 3 is 2.61 bits per heavy atom. The second-order valence-corrected chi connectivity index (χ2v) is 8.99. The Labute approximate surface area is 139 Å². The smallest absolute Gasteiger partial charge is 0.246 e. The summed E-state index contributed by atoms with van der Waals surface area (Å²) in [6.07, 6.45) is 3.13. The predicted octanol–water partition coefficient (Wildman–Crippen LogP) is 2.11. The molecule has 2 fully saturated rings. The summed E-state index contributed by atoms with van der Waals surface area (Å²) in [6.45, 7) is 5.18. The van der Waals surface area contributed by atoms with Crippen LogP contribution < -0.4 is 4.74 Å². The highest BCUT2D eigenvalue weighted by atomic mass is 32.2. The Kier molecular flexibility index (Phi) is 4.42. The van der Waals surface area contributed by atoms with E-state index in [2.05, 4.69) is 11.9 Å². The van der Waals surface area contributed by atoms with Crippen molar-refractivity contribution in [1.29, 1.82) is 0 Å². The number of aryl methyl sites for hydroxylation is 1. The number of methoxy groups -OCH3 is 1. The fourth-order valence-corrected chi connectivity index (χ4v) is 5.82. The summed E-state index contributed by atoms with van der Waals surface area (Å²) in [7, 11) is 0.120. The average molecular weight is 338 g/mol. The molecule has 0 amide bonds. The van der Waals surface area contributed by atoms with Gasteiger partial charge in [0.25, 0.3) is 0 Å². The molecule has 2 saturated heterocycles. The van der Waals surface area contributed by atoms with Crippen molar-refractivity contribution in [2.24, 2.45) is 5.41 Å². The van der Waals surface area contributed by atoms with Crippen LogP contribution >= 0.6 is 0 Å². The molecule has 6 heteroatoms. The summed E-state index contributed by atoms with van der Waals surface area (Å²) in [4.78, 5) is 2.60. The van der Waals surface area contributed by atoms with Gasteiger partial charge in [0, 0.05) is 19.6 Å². The van der Waals surface area contributed by atoms with E-state index in [0.717, 1.165) is 37.9 Å². The second-order valence-electron chi connectivity index (χ2n) is 7.08. The third-order valence-electron chi connectivity index (χ3n) is 5.19. The molecule has 0 radical (unpaired) electrons. The molecule has 0 bridgehead atoms. The number of sulfonamides is 1. The largest absolute Gasteiger partial charge is 0.495 e.